The Balaban J connectivity index is 0.000000189. The van der Waals surface area contributed by atoms with E-state index in [1.54, 1.807) is 12.1 Å². The number of halogens is 4. The monoisotopic (exact) mass is 846 g/mol. The molecule has 2 fully saturated rings. The Bertz CT molecular complexity index is 2620. The first-order valence-corrected chi connectivity index (χ1v) is 20.5. The molecule has 2 aliphatic carbocycles. The number of carbonyl (C=O) groups is 3. The molecule has 8 nitrogen and oxygen atoms in total. The van der Waals surface area contributed by atoms with Crippen LogP contribution in [-0.4, -0.2) is 56.2 Å². The topological polar surface area (TPSA) is 117 Å². The van der Waals surface area contributed by atoms with Crippen LogP contribution in [0.2, 0.25) is 0 Å². The Morgan fingerprint density at radius 2 is 0.903 bits per heavy atom. The van der Waals surface area contributed by atoms with Crippen molar-refractivity contribution in [2.45, 2.75) is 32.3 Å². The minimum absolute atomic E-state index is 0.0494. The molecule has 0 radical (unpaired) electrons. The van der Waals surface area contributed by atoms with Crippen molar-refractivity contribution in [3.05, 3.63) is 156 Å². The molecule has 0 heterocycles. The molecule has 4 atom stereocenters. The molecular weight excluding hydrogens is 801 g/mol. The van der Waals surface area contributed by atoms with Gasteiger partial charge in [-0.1, -0.05) is 141 Å². The van der Waals surface area contributed by atoms with E-state index < -0.39 is 60.2 Å². The molecule has 3 N–H and O–H groups in total. The molecule has 0 aliphatic heterocycles. The second kappa shape index (κ2) is 18.6. The van der Waals surface area contributed by atoms with E-state index in [0.717, 1.165) is 37.9 Å². The summed E-state index contributed by atoms with van der Waals surface area (Å²) in [6, 6.07) is 42.8. The molecule has 0 saturated heterocycles. The molecule has 2 aliphatic rings. The number of amides is 1. The SMILES string of the molecule is CC.NC[C@H]1[C@H](COC(=O)c2c3ccccc3cc3ccccc23)C1(F)F.O=C(NC[C@H]1[C@H](COC(=O)c2c3ccccc3cc3ccccc23)C1(F)F)OCc1ccccc1. The molecule has 1 amide bonds. The van der Waals surface area contributed by atoms with E-state index in [2.05, 4.69) is 5.32 Å². The van der Waals surface area contributed by atoms with Crippen LogP contribution in [0.15, 0.2) is 140 Å². The highest BCUT2D eigenvalue weighted by Gasteiger charge is 2.69. The zero-order valence-corrected chi connectivity index (χ0v) is 34.2. The van der Waals surface area contributed by atoms with E-state index in [9.17, 15) is 31.9 Å². The Kier molecular flexibility index (Phi) is 13.1. The van der Waals surface area contributed by atoms with Crippen molar-refractivity contribution >= 4 is 61.1 Å². The van der Waals surface area contributed by atoms with Gasteiger partial charge in [0.15, 0.2) is 0 Å². The average Bonchev–Trinajstić information content (AvgIpc) is 4.06. The van der Waals surface area contributed by atoms with Crippen molar-refractivity contribution in [1.82, 2.24) is 5.32 Å². The van der Waals surface area contributed by atoms with Crippen LogP contribution in [0.5, 0.6) is 0 Å². The average molecular weight is 847 g/mol. The zero-order valence-electron chi connectivity index (χ0n) is 34.2. The number of alkyl carbamates (subject to hydrolysis) is 1. The quantitative estimate of drug-likeness (QED) is 0.0576. The number of nitrogens with two attached hydrogens (primary N) is 1. The van der Waals surface area contributed by atoms with Crippen LogP contribution >= 0.6 is 0 Å². The predicted molar refractivity (Wildman–Crippen MR) is 232 cm³/mol. The van der Waals surface area contributed by atoms with Crippen molar-refractivity contribution in [2.24, 2.45) is 29.4 Å². The first-order chi connectivity index (χ1) is 30.0. The number of esters is 2. The number of alkyl halides is 4. The summed E-state index contributed by atoms with van der Waals surface area (Å²) >= 11 is 0. The molecule has 7 aromatic carbocycles. The van der Waals surface area contributed by atoms with Crippen LogP contribution in [-0.2, 0) is 20.8 Å². The van der Waals surface area contributed by atoms with Gasteiger partial charge in [0.05, 0.1) is 28.9 Å². The Labute approximate surface area is 355 Å². The van der Waals surface area contributed by atoms with Crippen molar-refractivity contribution in [3.63, 3.8) is 0 Å². The number of carbonyl (C=O) groups excluding carboxylic acids is 3. The lowest BCUT2D eigenvalue weighted by Crippen LogP contribution is -2.27. The Morgan fingerprint density at radius 1 is 0.532 bits per heavy atom. The first kappa shape index (κ1) is 43.6. The molecule has 12 heteroatoms. The molecule has 0 spiro atoms. The van der Waals surface area contributed by atoms with Gasteiger partial charge in [0.2, 0.25) is 0 Å². The lowest BCUT2D eigenvalue weighted by Gasteiger charge is -2.11. The molecule has 2 saturated carbocycles. The van der Waals surface area contributed by atoms with Crippen LogP contribution in [0.4, 0.5) is 22.4 Å². The molecule has 9 rings (SSSR count). The fourth-order valence-corrected chi connectivity index (χ4v) is 7.89. The first-order valence-electron chi connectivity index (χ1n) is 20.5. The number of hydrogen-bond donors (Lipinski definition) is 2. The largest absolute Gasteiger partial charge is 0.462 e. The molecule has 62 heavy (non-hydrogen) atoms. The van der Waals surface area contributed by atoms with Gasteiger partial charge in [0, 0.05) is 19.0 Å². The van der Waals surface area contributed by atoms with Gasteiger partial charge in [-0.3, -0.25) is 0 Å². The number of ether oxygens (including phenoxy) is 3. The summed E-state index contributed by atoms with van der Waals surface area (Å²) in [5.74, 6) is -11.3. The van der Waals surface area contributed by atoms with Gasteiger partial charge in [-0.2, -0.15) is 0 Å². The highest BCUT2D eigenvalue weighted by Crippen LogP contribution is 2.55. The second-order valence-corrected chi connectivity index (χ2v) is 15.0. The highest BCUT2D eigenvalue weighted by molar-refractivity contribution is 6.17. The fourth-order valence-electron chi connectivity index (χ4n) is 7.89. The normalized spacial score (nSPS) is 19.0. The lowest BCUT2D eigenvalue weighted by atomic mass is 9.97. The van der Waals surface area contributed by atoms with E-state index in [-0.39, 0.29) is 26.3 Å². The predicted octanol–water partition coefficient (Wildman–Crippen LogP) is 11.0. The Hall–Kier alpha value is -6.53. The maximum Gasteiger partial charge on any atom is 0.407 e. The molecule has 0 bridgehead atoms. The van der Waals surface area contributed by atoms with Crippen molar-refractivity contribution in [2.75, 3.05) is 26.3 Å². The van der Waals surface area contributed by atoms with Gasteiger partial charge in [-0.25, -0.2) is 31.9 Å². The van der Waals surface area contributed by atoms with E-state index in [4.69, 9.17) is 19.9 Å². The van der Waals surface area contributed by atoms with E-state index in [1.165, 1.54) is 0 Å². The van der Waals surface area contributed by atoms with Crippen molar-refractivity contribution in [1.29, 1.82) is 0 Å². The van der Waals surface area contributed by atoms with Crippen LogP contribution < -0.4 is 11.1 Å². The summed E-state index contributed by atoms with van der Waals surface area (Å²) in [4.78, 5) is 37.7. The van der Waals surface area contributed by atoms with Crippen LogP contribution in [0.3, 0.4) is 0 Å². The third-order valence-corrected chi connectivity index (χ3v) is 11.4. The highest BCUT2D eigenvalue weighted by atomic mass is 19.3. The number of nitrogens with one attached hydrogen (secondary N) is 1. The van der Waals surface area contributed by atoms with Gasteiger partial charge < -0.3 is 25.3 Å². The summed E-state index contributed by atoms with van der Waals surface area (Å²) in [5.41, 5.74) is 6.92. The molecule has 0 aromatic heterocycles. The number of rotatable bonds is 11. The van der Waals surface area contributed by atoms with Crippen LogP contribution in [0.25, 0.3) is 43.1 Å². The third kappa shape index (κ3) is 9.06. The van der Waals surface area contributed by atoms with Crippen molar-refractivity contribution < 1.29 is 46.2 Å². The standard InChI is InChI=1S/C28H23F2NO4.C20H17F2NO2.C2H6/c29-28(30)23(15-31-27(33)35-16-18-8-2-1-3-9-18)24(28)17-34-26(32)25-21-12-6-4-10-19(21)14-20-11-5-7-13-22(20)25;21-20(22)16(10-23)17(20)11-25-19(24)18-14-7-3-1-5-12(14)9-13-6-2-4-8-15(13)18;1-2/h1-14,23-24H,15-17H2,(H,31,33);1-9,16-17H,10-11,23H2;1-2H3/t23-,24-;16-,17-;/m00./s1. The van der Waals surface area contributed by atoms with Crippen molar-refractivity contribution in [3.8, 4) is 0 Å². The smallest absolute Gasteiger partial charge is 0.407 e. The lowest BCUT2D eigenvalue weighted by molar-refractivity contribution is 0.0350. The molecule has 0 unspecified atom stereocenters. The van der Waals surface area contributed by atoms with Gasteiger partial charge in [0.25, 0.3) is 11.8 Å². The Morgan fingerprint density at radius 3 is 1.31 bits per heavy atom. The third-order valence-electron chi connectivity index (χ3n) is 11.4. The fraction of sp³-hybridized carbons (Fsp3) is 0.260. The summed E-state index contributed by atoms with van der Waals surface area (Å²) in [7, 11) is 0. The van der Waals surface area contributed by atoms with Gasteiger partial charge in [-0.15, -0.1) is 0 Å². The van der Waals surface area contributed by atoms with E-state index >= 15 is 0 Å². The maximum atomic E-state index is 14.3. The maximum absolute atomic E-state index is 14.3. The molecular formula is C50H46F4N2O6. The van der Waals surface area contributed by atoms with E-state index in [1.807, 2.05) is 141 Å². The van der Waals surface area contributed by atoms with Gasteiger partial charge in [-0.05, 0) is 60.8 Å². The van der Waals surface area contributed by atoms with E-state index in [0.29, 0.717) is 21.9 Å². The summed E-state index contributed by atoms with van der Waals surface area (Å²) in [6.07, 6.45) is -0.769. The van der Waals surface area contributed by atoms with Crippen LogP contribution in [0, 0.1) is 23.7 Å². The number of hydrogen-bond acceptors (Lipinski definition) is 7. The molecule has 7 aromatic rings. The number of fused-ring (bicyclic) bond motifs is 4. The molecule has 320 valence electrons. The second-order valence-electron chi connectivity index (χ2n) is 15.0. The summed E-state index contributed by atoms with van der Waals surface area (Å²) in [5, 5.41) is 8.86. The number of benzene rings is 7. The van der Waals surface area contributed by atoms with Gasteiger partial charge >= 0.3 is 18.0 Å². The summed E-state index contributed by atoms with van der Waals surface area (Å²) in [6.45, 7) is 2.93. The zero-order chi connectivity index (χ0) is 44.0. The minimum Gasteiger partial charge on any atom is -0.462 e. The minimum atomic E-state index is -3.03. The summed E-state index contributed by atoms with van der Waals surface area (Å²) < 4.78 is 71.5. The van der Waals surface area contributed by atoms with Gasteiger partial charge in [0.1, 0.15) is 19.8 Å². The van der Waals surface area contributed by atoms with Crippen LogP contribution in [0.1, 0.15) is 40.1 Å².